The second kappa shape index (κ2) is 4.44. The molecule has 0 spiro atoms. The van der Waals surface area contributed by atoms with Crippen LogP contribution in [0.25, 0.3) is 0 Å². The van der Waals surface area contributed by atoms with Crippen molar-refractivity contribution in [2.24, 2.45) is 0 Å². The van der Waals surface area contributed by atoms with Crippen molar-refractivity contribution >= 4 is 0 Å². The number of benzene rings is 2. The molecule has 1 aliphatic heterocycles. The Morgan fingerprint density at radius 1 is 0.833 bits per heavy atom. The Morgan fingerprint density at radius 2 is 1.50 bits per heavy atom. The molecule has 92 valence electrons. The summed E-state index contributed by atoms with van der Waals surface area (Å²) in [5, 5.41) is 20.3. The molecule has 0 aromatic heterocycles. The Labute approximate surface area is 105 Å². The molecule has 3 rings (SSSR count). The van der Waals surface area contributed by atoms with Crippen LogP contribution < -0.4 is 4.74 Å². The standard InChI is InChI=1S/C15H14O3/c16-13-11-8-4-5-9-12(11)18-15(14(13)17)10-6-2-1-3-7-10/h1-9,13-17H/t13-,14+,15+/m0/s1. The molecule has 0 radical (unpaired) electrons. The van der Waals surface area contributed by atoms with E-state index in [9.17, 15) is 10.2 Å². The molecule has 0 fully saturated rings. The minimum atomic E-state index is -0.956. The predicted octanol–water partition coefficient (Wildman–Crippen LogP) is 2.21. The fourth-order valence-corrected chi connectivity index (χ4v) is 2.30. The van der Waals surface area contributed by atoms with E-state index in [1.165, 1.54) is 0 Å². The molecule has 1 aliphatic rings. The summed E-state index contributed by atoms with van der Waals surface area (Å²) in [5.41, 5.74) is 1.50. The van der Waals surface area contributed by atoms with Crippen molar-refractivity contribution in [3.8, 4) is 5.75 Å². The number of hydrogen-bond acceptors (Lipinski definition) is 3. The first-order chi connectivity index (χ1) is 8.77. The zero-order valence-corrected chi connectivity index (χ0v) is 9.73. The minimum absolute atomic E-state index is 0.531. The van der Waals surface area contributed by atoms with Crippen LogP contribution in [0.2, 0.25) is 0 Å². The second-order valence-corrected chi connectivity index (χ2v) is 4.42. The Hall–Kier alpha value is -1.84. The van der Waals surface area contributed by atoms with Crippen LogP contribution >= 0.6 is 0 Å². The molecule has 2 N–H and O–H groups in total. The van der Waals surface area contributed by atoms with Crippen molar-refractivity contribution in [2.75, 3.05) is 0 Å². The van der Waals surface area contributed by atoms with E-state index < -0.39 is 18.3 Å². The molecule has 3 heteroatoms. The average molecular weight is 242 g/mol. The van der Waals surface area contributed by atoms with Gasteiger partial charge in [-0.25, -0.2) is 0 Å². The van der Waals surface area contributed by atoms with Crippen molar-refractivity contribution in [1.82, 2.24) is 0 Å². The maximum atomic E-state index is 10.2. The number of rotatable bonds is 1. The monoisotopic (exact) mass is 242 g/mol. The first kappa shape index (κ1) is 11.3. The molecule has 0 aliphatic carbocycles. The van der Waals surface area contributed by atoms with Gasteiger partial charge in [-0.3, -0.25) is 0 Å². The first-order valence-corrected chi connectivity index (χ1v) is 5.94. The normalized spacial score (nSPS) is 26.2. The summed E-state index contributed by atoms with van der Waals surface area (Å²) >= 11 is 0. The lowest BCUT2D eigenvalue weighted by molar-refractivity contribution is -0.0699. The highest BCUT2D eigenvalue weighted by molar-refractivity contribution is 5.39. The van der Waals surface area contributed by atoms with Gasteiger partial charge in [0.25, 0.3) is 0 Å². The highest BCUT2D eigenvalue weighted by atomic mass is 16.5. The summed E-state index contributed by atoms with van der Waals surface area (Å²) in [6.07, 6.45) is -2.40. The summed E-state index contributed by atoms with van der Waals surface area (Å²) in [6, 6.07) is 16.7. The van der Waals surface area contributed by atoms with Crippen LogP contribution in [0.5, 0.6) is 5.75 Å². The average Bonchev–Trinajstić information content (AvgIpc) is 2.44. The zero-order valence-electron chi connectivity index (χ0n) is 9.73. The molecule has 0 bridgehead atoms. The quantitative estimate of drug-likeness (QED) is 0.806. The topological polar surface area (TPSA) is 49.7 Å². The zero-order chi connectivity index (χ0) is 12.5. The fraction of sp³-hybridized carbons (Fsp3) is 0.200. The van der Waals surface area contributed by atoms with E-state index in [-0.39, 0.29) is 0 Å². The molecule has 2 aromatic rings. The van der Waals surface area contributed by atoms with E-state index in [1.807, 2.05) is 42.5 Å². The third-order valence-electron chi connectivity index (χ3n) is 3.25. The van der Waals surface area contributed by atoms with Crippen molar-refractivity contribution < 1.29 is 14.9 Å². The molecule has 18 heavy (non-hydrogen) atoms. The molecule has 0 saturated carbocycles. The Bertz CT molecular complexity index is 538. The van der Waals surface area contributed by atoms with Crippen molar-refractivity contribution in [1.29, 1.82) is 0 Å². The van der Waals surface area contributed by atoms with Gasteiger partial charge < -0.3 is 14.9 Å². The van der Waals surface area contributed by atoms with Crippen molar-refractivity contribution in [3.63, 3.8) is 0 Å². The first-order valence-electron chi connectivity index (χ1n) is 5.94. The van der Waals surface area contributed by atoms with E-state index in [4.69, 9.17) is 4.74 Å². The highest BCUT2D eigenvalue weighted by Crippen LogP contribution is 2.40. The number of aliphatic hydroxyl groups is 2. The number of para-hydroxylation sites is 1. The van der Waals surface area contributed by atoms with Crippen molar-refractivity contribution in [3.05, 3.63) is 65.7 Å². The van der Waals surface area contributed by atoms with Crippen LogP contribution in [0.15, 0.2) is 54.6 Å². The number of hydrogen-bond donors (Lipinski definition) is 2. The molecule has 1 heterocycles. The van der Waals surface area contributed by atoms with Gasteiger partial charge in [0.2, 0.25) is 0 Å². The SMILES string of the molecule is O[C@H]1[C@@H](c2ccccc2)Oc2ccccc2[C@@H]1O. The number of fused-ring (bicyclic) bond motifs is 1. The second-order valence-electron chi connectivity index (χ2n) is 4.42. The third kappa shape index (κ3) is 1.78. The van der Waals surface area contributed by atoms with Gasteiger partial charge in [-0.05, 0) is 11.6 Å². The van der Waals surface area contributed by atoms with Crippen LogP contribution in [0.4, 0.5) is 0 Å². The Balaban J connectivity index is 2.01. The summed E-state index contributed by atoms with van der Waals surface area (Å²) in [4.78, 5) is 0. The lowest BCUT2D eigenvalue weighted by atomic mass is 9.92. The van der Waals surface area contributed by atoms with Gasteiger partial charge in [0.15, 0.2) is 6.10 Å². The molecule has 0 unspecified atom stereocenters. The molecular formula is C15H14O3. The summed E-state index contributed by atoms with van der Waals surface area (Å²) < 4.78 is 5.79. The molecule has 0 saturated heterocycles. The maximum absolute atomic E-state index is 10.2. The maximum Gasteiger partial charge on any atom is 0.152 e. The number of ether oxygens (including phenoxy) is 1. The molecular weight excluding hydrogens is 228 g/mol. The van der Waals surface area contributed by atoms with E-state index in [1.54, 1.807) is 12.1 Å². The van der Waals surface area contributed by atoms with Gasteiger partial charge in [0, 0.05) is 5.56 Å². The van der Waals surface area contributed by atoms with Crippen molar-refractivity contribution in [2.45, 2.75) is 18.3 Å². The van der Waals surface area contributed by atoms with Gasteiger partial charge in [-0.1, -0.05) is 48.5 Å². The largest absolute Gasteiger partial charge is 0.482 e. The lowest BCUT2D eigenvalue weighted by Crippen LogP contribution is -2.34. The Morgan fingerprint density at radius 3 is 2.28 bits per heavy atom. The van der Waals surface area contributed by atoms with Crippen LogP contribution in [0, 0.1) is 0 Å². The smallest absolute Gasteiger partial charge is 0.152 e. The van der Waals surface area contributed by atoms with Gasteiger partial charge in [0.1, 0.15) is 18.0 Å². The van der Waals surface area contributed by atoms with E-state index in [2.05, 4.69) is 0 Å². The highest BCUT2D eigenvalue weighted by Gasteiger charge is 2.36. The van der Waals surface area contributed by atoms with Gasteiger partial charge >= 0.3 is 0 Å². The van der Waals surface area contributed by atoms with Crippen LogP contribution in [0.1, 0.15) is 23.3 Å². The van der Waals surface area contributed by atoms with Gasteiger partial charge in [-0.2, -0.15) is 0 Å². The van der Waals surface area contributed by atoms with E-state index in [0.29, 0.717) is 11.3 Å². The lowest BCUT2D eigenvalue weighted by Gasteiger charge is -2.34. The van der Waals surface area contributed by atoms with Crippen LogP contribution in [-0.2, 0) is 0 Å². The molecule has 3 nitrogen and oxygen atoms in total. The third-order valence-corrected chi connectivity index (χ3v) is 3.25. The summed E-state index contributed by atoms with van der Waals surface area (Å²) in [7, 11) is 0. The summed E-state index contributed by atoms with van der Waals surface area (Å²) in [5.74, 6) is 0.629. The van der Waals surface area contributed by atoms with Crippen LogP contribution in [0.3, 0.4) is 0 Å². The van der Waals surface area contributed by atoms with Gasteiger partial charge in [0.05, 0.1) is 0 Å². The summed E-state index contributed by atoms with van der Waals surface area (Å²) in [6.45, 7) is 0. The number of aliphatic hydroxyl groups excluding tert-OH is 2. The molecule has 2 aromatic carbocycles. The molecule has 0 amide bonds. The van der Waals surface area contributed by atoms with Crippen LogP contribution in [-0.4, -0.2) is 16.3 Å². The Kier molecular flexibility index (Phi) is 2.78. The van der Waals surface area contributed by atoms with Gasteiger partial charge in [-0.15, -0.1) is 0 Å². The van der Waals surface area contributed by atoms with E-state index in [0.717, 1.165) is 5.56 Å². The van der Waals surface area contributed by atoms with E-state index >= 15 is 0 Å². The fourth-order valence-electron chi connectivity index (χ4n) is 2.30. The minimum Gasteiger partial charge on any atom is -0.482 e. The molecule has 3 atom stereocenters. The predicted molar refractivity (Wildman–Crippen MR) is 67.2 cm³/mol.